The first kappa shape index (κ1) is 13.6. The molecule has 19 heavy (non-hydrogen) atoms. The molecule has 1 N–H and O–H groups in total. The Kier molecular flexibility index (Phi) is 4.17. The van der Waals surface area contributed by atoms with E-state index in [0.717, 1.165) is 5.56 Å². The summed E-state index contributed by atoms with van der Waals surface area (Å²) in [7, 11) is 0. The molecule has 0 spiro atoms. The van der Waals surface area contributed by atoms with Crippen molar-refractivity contribution in [2.45, 2.75) is 13.5 Å². The van der Waals surface area contributed by atoms with Gasteiger partial charge in [-0.1, -0.05) is 23.7 Å². The molecule has 0 aliphatic rings. The average Bonchev–Trinajstić information content (AvgIpc) is 2.37. The lowest BCUT2D eigenvalue weighted by atomic mass is 10.1. The zero-order chi connectivity index (χ0) is 13.8. The number of hydrogen-bond acceptors (Lipinski definition) is 1. The number of halogens is 2. The van der Waals surface area contributed by atoms with E-state index in [0.29, 0.717) is 22.7 Å². The maximum atomic E-state index is 13.0. The van der Waals surface area contributed by atoms with Gasteiger partial charge in [0.15, 0.2) is 0 Å². The van der Waals surface area contributed by atoms with E-state index < -0.39 is 0 Å². The van der Waals surface area contributed by atoms with Crippen LogP contribution in [0.5, 0.6) is 0 Å². The van der Waals surface area contributed by atoms with E-state index in [9.17, 15) is 9.18 Å². The van der Waals surface area contributed by atoms with Crippen LogP contribution in [0, 0.1) is 12.7 Å². The number of carbonyl (C=O) groups is 1. The van der Waals surface area contributed by atoms with E-state index in [1.807, 2.05) is 12.1 Å². The maximum Gasteiger partial charge on any atom is 0.251 e. The van der Waals surface area contributed by atoms with E-state index >= 15 is 0 Å². The predicted molar refractivity (Wildman–Crippen MR) is 73.8 cm³/mol. The number of hydrogen-bond donors (Lipinski definition) is 1. The van der Waals surface area contributed by atoms with E-state index in [4.69, 9.17) is 11.6 Å². The number of aryl methyl sites for hydroxylation is 1. The minimum atomic E-state index is -0.341. The lowest BCUT2D eigenvalue weighted by Crippen LogP contribution is -2.23. The molecule has 0 aliphatic carbocycles. The predicted octanol–water partition coefficient (Wildman–Crippen LogP) is 3.72. The first-order valence-corrected chi connectivity index (χ1v) is 6.23. The number of amides is 1. The molecule has 2 aromatic carbocycles. The van der Waals surface area contributed by atoms with Gasteiger partial charge in [-0.25, -0.2) is 4.39 Å². The molecular formula is C15H13ClFNO. The molecule has 0 aromatic heterocycles. The van der Waals surface area contributed by atoms with Crippen LogP contribution in [0.25, 0.3) is 0 Å². The number of rotatable bonds is 3. The Morgan fingerprint density at radius 1 is 1.21 bits per heavy atom. The molecule has 1 amide bonds. The second kappa shape index (κ2) is 5.85. The molecule has 0 bridgehead atoms. The highest BCUT2D eigenvalue weighted by Crippen LogP contribution is 2.11. The molecule has 0 radical (unpaired) electrons. The third kappa shape index (κ3) is 3.55. The summed E-state index contributed by atoms with van der Waals surface area (Å²) in [5.41, 5.74) is 2.06. The smallest absolute Gasteiger partial charge is 0.251 e. The van der Waals surface area contributed by atoms with Gasteiger partial charge < -0.3 is 5.32 Å². The minimum Gasteiger partial charge on any atom is -0.348 e. The van der Waals surface area contributed by atoms with Crippen molar-refractivity contribution in [3.05, 3.63) is 70.0 Å². The van der Waals surface area contributed by atoms with Crippen LogP contribution in [0.2, 0.25) is 5.02 Å². The number of carbonyl (C=O) groups excluding carboxylic acids is 1. The number of benzene rings is 2. The lowest BCUT2D eigenvalue weighted by molar-refractivity contribution is 0.0950. The van der Waals surface area contributed by atoms with Crippen molar-refractivity contribution in [2.24, 2.45) is 0 Å². The highest BCUT2D eigenvalue weighted by molar-refractivity contribution is 6.30. The second-order valence-electron chi connectivity index (χ2n) is 4.27. The second-order valence-corrected chi connectivity index (χ2v) is 4.70. The summed E-state index contributed by atoms with van der Waals surface area (Å²) in [4.78, 5) is 12.0. The van der Waals surface area contributed by atoms with Crippen LogP contribution in [0.15, 0.2) is 42.5 Å². The van der Waals surface area contributed by atoms with Gasteiger partial charge in [-0.05, 0) is 48.4 Å². The molecule has 2 nitrogen and oxygen atoms in total. The quantitative estimate of drug-likeness (QED) is 0.910. The minimum absolute atomic E-state index is 0.215. The van der Waals surface area contributed by atoms with Gasteiger partial charge >= 0.3 is 0 Å². The van der Waals surface area contributed by atoms with Crippen molar-refractivity contribution < 1.29 is 9.18 Å². The standard InChI is InChI=1S/C15H13ClFNO/c1-10-8-13(17)6-7-14(10)15(19)18-9-11-2-4-12(16)5-3-11/h2-8H,9H2,1H3,(H,18,19). The fraction of sp³-hybridized carbons (Fsp3) is 0.133. The molecule has 0 fully saturated rings. The molecule has 4 heteroatoms. The highest BCUT2D eigenvalue weighted by Gasteiger charge is 2.09. The summed E-state index contributed by atoms with van der Waals surface area (Å²) in [6.07, 6.45) is 0. The molecular weight excluding hydrogens is 265 g/mol. The summed E-state index contributed by atoms with van der Waals surface area (Å²) in [5.74, 6) is -0.556. The van der Waals surface area contributed by atoms with Crippen molar-refractivity contribution in [3.8, 4) is 0 Å². The third-order valence-corrected chi connectivity index (χ3v) is 3.05. The van der Waals surface area contributed by atoms with Crippen LogP contribution in [0.3, 0.4) is 0 Å². The molecule has 0 heterocycles. The summed E-state index contributed by atoms with van der Waals surface area (Å²) in [5, 5.41) is 3.45. The van der Waals surface area contributed by atoms with Crippen LogP contribution in [0.1, 0.15) is 21.5 Å². The summed E-state index contributed by atoms with van der Waals surface area (Å²) < 4.78 is 13.0. The molecule has 0 aliphatic heterocycles. The van der Waals surface area contributed by atoms with Crippen molar-refractivity contribution in [2.75, 3.05) is 0 Å². The van der Waals surface area contributed by atoms with Gasteiger partial charge in [0.2, 0.25) is 0 Å². The summed E-state index contributed by atoms with van der Waals surface area (Å²) in [6.45, 7) is 2.12. The highest BCUT2D eigenvalue weighted by atomic mass is 35.5. The van der Waals surface area contributed by atoms with Crippen LogP contribution in [-0.2, 0) is 6.54 Å². The Balaban J connectivity index is 2.03. The Morgan fingerprint density at radius 2 is 1.89 bits per heavy atom. The van der Waals surface area contributed by atoms with E-state index in [-0.39, 0.29) is 11.7 Å². The van der Waals surface area contributed by atoms with Gasteiger partial charge in [-0.15, -0.1) is 0 Å². The molecule has 2 aromatic rings. The van der Waals surface area contributed by atoms with Crippen LogP contribution in [-0.4, -0.2) is 5.91 Å². The summed E-state index contributed by atoms with van der Waals surface area (Å²) >= 11 is 5.78. The molecule has 2 rings (SSSR count). The maximum absolute atomic E-state index is 13.0. The van der Waals surface area contributed by atoms with Gasteiger partial charge in [0.05, 0.1) is 0 Å². The van der Waals surface area contributed by atoms with E-state index in [1.165, 1.54) is 18.2 Å². The van der Waals surface area contributed by atoms with Gasteiger partial charge in [0, 0.05) is 17.1 Å². The largest absolute Gasteiger partial charge is 0.348 e. The fourth-order valence-corrected chi connectivity index (χ4v) is 1.89. The van der Waals surface area contributed by atoms with Crippen molar-refractivity contribution in [3.63, 3.8) is 0 Å². The van der Waals surface area contributed by atoms with Gasteiger partial charge in [-0.2, -0.15) is 0 Å². The first-order chi connectivity index (χ1) is 9.06. The Labute approximate surface area is 116 Å². The van der Waals surface area contributed by atoms with Crippen molar-refractivity contribution in [1.29, 1.82) is 0 Å². The van der Waals surface area contributed by atoms with E-state index in [2.05, 4.69) is 5.32 Å². The fourth-order valence-electron chi connectivity index (χ4n) is 1.76. The first-order valence-electron chi connectivity index (χ1n) is 5.85. The van der Waals surface area contributed by atoms with Gasteiger partial charge in [-0.3, -0.25) is 4.79 Å². The summed E-state index contributed by atoms with van der Waals surface area (Å²) in [6, 6.07) is 11.3. The molecule has 0 saturated heterocycles. The molecule has 98 valence electrons. The van der Waals surface area contributed by atoms with Gasteiger partial charge in [0.25, 0.3) is 5.91 Å². The SMILES string of the molecule is Cc1cc(F)ccc1C(=O)NCc1ccc(Cl)cc1. The van der Waals surface area contributed by atoms with Crippen LogP contribution in [0.4, 0.5) is 4.39 Å². The molecule has 0 saturated carbocycles. The normalized spacial score (nSPS) is 10.3. The topological polar surface area (TPSA) is 29.1 Å². The monoisotopic (exact) mass is 277 g/mol. The Bertz CT molecular complexity index is 596. The number of nitrogens with one attached hydrogen (secondary N) is 1. The Hall–Kier alpha value is -1.87. The molecule has 0 unspecified atom stereocenters. The Morgan fingerprint density at radius 3 is 2.53 bits per heavy atom. The average molecular weight is 278 g/mol. The lowest BCUT2D eigenvalue weighted by Gasteiger charge is -2.08. The van der Waals surface area contributed by atoms with E-state index in [1.54, 1.807) is 19.1 Å². The van der Waals surface area contributed by atoms with Crippen molar-refractivity contribution >= 4 is 17.5 Å². The molecule has 0 atom stereocenters. The van der Waals surface area contributed by atoms with Crippen LogP contribution < -0.4 is 5.32 Å². The van der Waals surface area contributed by atoms with Gasteiger partial charge in [0.1, 0.15) is 5.82 Å². The zero-order valence-electron chi connectivity index (χ0n) is 10.4. The third-order valence-electron chi connectivity index (χ3n) is 2.80. The van der Waals surface area contributed by atoms with Crippen LogP contribution >= 0.6 is 11.6 Å². The van der Waals surface area contributed by atoms with Crippen molar-refractivity contribution in [1.82, 2.24) is 5.32 Å². The zero-order valence-corrected chi connectivity index (χ0v) is 11.2.